The number of hydrogen-bond donors (Lipinski definition) is 0. The highest BCUT2D eigenvalue weighted by molar-refractivity contribution is 6.30. The van der Waals surface area contributed by atoms with Crippen LogP contribution in [0.25, 0.3) is 0 Å². The minimum atomic E-state index is -0.359. The third-order valence-corrected chi connectivity index (χ3v) is 2.67. The van der Waals surface area contributed by atoms with Crippen molar-refractivity contribution in [2.24, 2.45) is 0 Å². The lowest BCUT2D eigenvalue weighted by Gasteiger charge is -2.00. The van der Waals surface area contributed by atoms with Gasteiger partial charge in [-0.05, 0) is 49.2 Å². The molecule has 0 radical (unpaired) electrons. The number of ether oxygens (including phenoxy) is 1. The van der Waals surface area contributed by atoms with Crippen LogP contribution in [-0.2, 0) is 0 Å². The number of rotatable bonds is 1. The zero-order chi connectivity index (χ0) is 18.4. The van der Waals surface area contributed by atoms with Gasteiger partial charge in [0.15, 0.2) is 11.6 Å². The largest absolute Gasteiger partial charge is 0.494 e. The molecule has 23 heavy (non-hydrogen) atoms. The fourth-order valence-corrected chi connectivity index (χ4v) is 1.60. The third-order valence-electron chi connectivity index (χ3n) is 2.38. The van der Waals surface area contributed by atoms with Crippen molar-refractivity contribution in [3.63, 3.8) is 0 Å². The lowest BCUT2D eigenvalue weighted by Crippen LogP contribution is -1.87. The van der Waals surface area contributed by atoms with Gasteiger partial charge < -0.3 is 4.74 Å². The van der Waals surface area contributed by atoms with Gasteiger partial charge in [0.1, 0.15) is 5.82 Å². The summed E-state index contributed by atoms with van der Waals surface area (Å²) in [4.78, 5) is 0. The molecule has 0 saturated heterocycles. The van der Waals surface area contributed by atoms with Crippen LogP contribution >= 0.6 is 11.6 Å². The molecule has 2 aromatic rings. The number of aryl methyl sites for hydroxylation is 2. The van der Waals surface area contributed by atoms with Crippen molar-refractivity contribution in [2.75, 3.05) is 7.11 Å². The SMILES string of the molecule is CC.CC.COc1cc(C)ccc1F.Cc1ccc(F)c(Cl)c1. The Morgan fingerprint density at radius 3 is 1.57 bits per heavy atom. The highest BCUT2D eigenvalue weighted by Crippen LogP contribution is 2.17. The second kappa shape index (κ2) is 14.0. The summed E-state index contributed by atoms with van der Waals surface area (Å²) in [6, 6.07) is 9.40. The van der Waals surface area contributed by atoms with Gasteiger partial charge in [-0.3, -0.25) is 0 Å². The molecule has 0 unspecified atom stereocenters. The fraction of sp³-hybridized carbons (Fsp3) is 0.368. The molecule has 0 aromatic heterocycles. The van der Waals surface area contributed by atoms with Gasteiger partial charge in [0, 0.05) is 0 Å². The van der Waals surface area contributed by atoms with Crippen LogP contribution in [0.1, 0.15) is 38.8 Å². The van der Waals surface area contributed by atoms with E-state index in [9.17, 15) is 8.78 Å². The Hall–Kier alpha value is -1.61. The number of benzene rings is 2. The highest BCUT2D eigenvalue weighted by atomic mass is 35.5. The van der Waals surface area contributed by atoms with E-state index in [0.717, 1.165) is 11.1 Å². The Morgan fingerprint density at radius 2 is 1.22 bits per heavy atom. The lowest BCUT2D eigenvalue weighted by molar-refractivity contribution is 0.386. The lowest BCUT2D eigenvalue weighted by atomic mass is 10.2. The second-order valence-corrected chi connectivity index (χ2v) is 4.46. The van der Waals surface area contributed by atoms with Gasteiger partial charge in [-0.2, -0.15) is 0 Å². The van der Waals surface area contributed by atoms with E-state index in [1.807, 2.05) is 41.5 Å². The fourth-order valence-electron chi connectivity index (χ4n) is 1.37. The van der Waals surface area contributed by atoms with E-state index in [1.165, 1.54) is 19.2 Å². The van der Waals surface area contributed by atoms with Crippen LogP contribution in [0.15, 0.2) is 36.4 Å². The molecule has 0 atom stereocenters. The number of hydrogen-bond acceptors (Lipinski definition) is 1. The van der Waals surface area contributed by atoms with Crippen LogP contribution < -0.4 is 4.74 Å². The van der Waals surface area contributed by atoms with Gasteiger partial charge in [-0.1, -0.05) is 51.4 Å². The Kier molecular flexibility index (Phi) is 14.4. The molecule has 4 heteroatoms. The summed E-state index contributed by atoms with van der Waals surface area (Å²) in [7, 11) is 1.46. The predicted octanol–water partition coefficient (Wildman–Crippen LogP) is 6.98. The number of methoxy groups -OCH3 is 1. The first-order valence-electron chi connectivity index (χ1n) is 7.66. The van der Waals surface area contributed by atoms with Crippen molar-refractivity contribution in [1.82, 2.24) is 0 Å². The minimum Gasteiger partial charge on any atom is -0.494 e. The average molecular weight is 345 g/mol. The summed E-state index contributed by atoms with van der Waals surface area (Å²) in [6.07, 6.45) is 0. The zero-order valence-corrected chi connectivity index (χ0v) is 15.8. The van der Waals surface area contributed by atoms with Gasteiger partial charge in [0.2, 0.25) is 0 Å². The molecule has 0 amide bonds. The van der Waals surface area contributed by atoms with Crippen LogP contribution in [0.5, 0.6) is 5.75 Å². The van der Waals surface area contributed by atoms with Crippen molar-refractivity contribution >= 4 is 11.6 Å². The van der Waals surface area contributed by atoms with Gasteiger partial charge in [0.05, 0.1) is 12.1 Å². The van der Waals surface area contributed by atoms with Crippen LogP contribution in [0, 0.1) is 25.5 Å². The molecule has 1 nitrogen and oxygen atoms in total. The summed E-state index contributed by atoms with van der Waals surface area (Å²) < 4.78 is 29.8. The van der Waals surface area contributed by atoms with E-state index in [1.54, 1.807) is 24.3 Å². The maximum Gasteiger partial charge on any atom is 0.165 e. The maximum absolute atomic E-state index is 12.6. The molecule has 0 saturated carbocycles. The summed E-state index contributed by atoms with van der Waals surface area (Å²) in [5.74, 6) is -0.365. The first-order chi connectivity index (χ1) is 10.9. The summed E-state index contributed by atoms with van der Waals surface area (Å²) in [5, 5.41) is 0.190. The van der Waals surface area contributed by atoms with E-state index >= 15 is 0 Å². The quantitative estimate of drug-likeness (QED) is 0.542. The normalized spacial score (nSPS) is 8.43. The zero-order valence-electron chi connectivity index (χ0n) is 15.0. The molecule has 0 aliphatic heterocycles. The van der Waals surface area contributed by atoms with Gasteiger partial charge in [-0.15, -0.1) is 0 Å². The van der Waals surface area contributed by atoms with Crippen LogP contribution in [0.4, 0.5) is 8.78 Å². The van der Waals surface area contributed by atoms with E-state index in [0.29, 0.717) is 5.75 Å². The molecular formula is C19H27ClF2O. The van der Waals surface area contributed by atoms with Gasteiger partial charge >= 0.3 is 0 Å². The molecule has 2 aromatic carbocycles. The van der Waals surface area contributed by atoms with E-state index < -0.39 is 0 Å². The molecular weight excluding hydrogens is 318 g/mol. The summed E-state index contributed by atoms with van der Waals surface area (Å²) >= 11 is 5.44. The topological polar surface area (TPSA) is 9.23 Å². The van der Waals surface area contributed by atoms with Gasteiger partial charge in [0.25, 0.3) is 0 Å². The second-order valence-electron chi connectivity index (χ2n) is 4.06. The van der Waals surface area contributed by atoms with E-state index in [2.05, 4.69) is 0 Å². The molecule has 0 aliphatic carbocycles. The Bertz CT molecular complexity index is 557. The molecule has 0 fully saturated rings. The van der Waals surface area contributed by atoms with Crippen LogP contribution in [0.3, 0.4) is 0 Å². The monoisotopic (exact) mass is 344 g/mol. The molecule has 130 valence electrons. The highest BCUT2D eigenvalue weighted by Gasteiger charge is 1.99. The maximum atomic E-state index is 12.6. The minimum absolute atomic E-state index is 0.190. The van der Waals surface area contributed by atoms with Crippen LogP contribution in [0.2, 0.25) is 5.02 Å². The first kappa shape index (κ1) is 23.7. The first-order valence-corrected chi connectivity index (χ1v) is 8.03. The van der Waals surface area contributed by atoms with Crippen molar-refractivity contribution in [3.05, 3.63) is 64.2 Å². The Morgan fingerprint density at radius 1 is 0.783 bits per heavy atom. The third kappa shape index (κ3) is 9.90. The molecule has 0 spiro atoms. The number of halogens is 3. The molecule has 0 aliphatic rings. The predicted molar refractivity (Wildman–Crippen MR) is 96.5 cm³/mol. The summed E-state index contributed by atoms with van der Waals surface area (Å²) in [5.41, 5.74) is 1.97. The molecule has 0 heterocycles. The smallest absolute Gasteiger partial charge is 0.165 e. The average Bonchev–Trinajstić information content (AvgIpc) is 2.58. The van der Waals surface area contributed by atoms with Crippen molar-refractivity contribution in [2.45, 2.75) is 41.5 Å². The standard InChI is InChI=1S/C8H9FO.C7H6ClF.2C2H6/c1-6-3-4-7(9)8(5-6)10-2;1-5-2-3-7(9)6(8)4-5;2*1-2/h3-5H,1-2H3;2-4H,1H3;2*1-2H3. The van der Waals surface area contributed by atoms with Crippen molar-refractivity contribution < 1.29 is 13.5 Å². The Balaban J connectivity index is 0. The molecule has 0 bridgehead atoms. The van der Waals surface area contributed by atoms with Crippen molar-refractivity contribution in [1.29, 1.82) is 0 Å². The van der Waals surface area contributed by atoms with E-state index in [-0.39, 0.29) is 16.7 Å². The molecule has 2 rings (SSSR count). The van der Waals surface area contributed by atoms with Crippen molar-refractivity contribution in [3.8, 4) is 5.75 Å². The Labute approximate surface area is 144 Å². The van der Waals surface area contributed by atoms with Crippen LogP contribution in [-0.4, -0.2) is 7.11 Å². The summed E-state index contributed by atoms with van der Waals surface area (Å²) in [6.45, 7) is 11.8. The van der Waals surface area contributed by atoms with Gasteiger partial charge in [-0.25, -0.2) is 8.78 Å². The van der Waals surface area contributed by atoms with E-state index in [4.69, 9.17) is 16.3 Å². The molecule has 0 N–H and O–H groups in total.